The minimum atomic E-state index is -0.755. The first-order valence-electron chi connectivity index (χ1n) is 12.4. The summed E-state index contributed by atoms with van der Waals surface area (Å²) in [4.78, 5) is 40.7. The Hall–Kier alpha value is -2.99. The van der Waals surface area contributed by atoms with E-state index in [1.165, 1.54) is 0 Å². The number of carbonyl (C=O) groups is 3. The number of phenols is 1. The van der Waals surface area contributed by atoms with Gasteiger partial charge in [0.15, 0.2) is 11.6 Å². The molecule has 35 heavy (non-hydrogen) atoms. The van der Waals surface area contributed by atoms with E-state index in [1.807, 2.05) is 37.3 Å². The zero-order chi connectivity index (χ0) is 26.0. The van der Waals surface area contributed by atoms with Crippen molar-refractivity contribution in [3.63, 3.8) is 0 Å². The van der Waals surface area contributed by atoms with E-state index in [1.54, 1.807) is 29.2 Å². The summed E-state index contributed by atoms with van der Waals surface area (Å²) >= 11 is 0. The van der Waals surface area contributed by atoms with E-state index < -0.39 is 12.0 Å². The van der Waals surface area contributed by atoms with Gasteiger partial charge in [0.05, 0.1) is 12.6 Å². The van der Waals surface area contributed by atoms with Gasteiger partial charge in [0.2, 0.25) is 5.91 Å². The van der Waals surface area contributed by atoms with Crippen molar-refractivity contribution in [1.29, 1.82) is 0 Å². The van der Waals surface area contributed by atoms with Crippen molar-refractivity contribution in [2.24, 2.45) is 17.1 Å². The third kappa shape index (κ3) is 10.0. The molecule has 0 aliphatic heterocycles. The first kappa shape index (κ1) is 28.2. The summed E-state index contributed by atoms with van der Waals surface area (Å²) in [6.07, 6.45) is 1.93. The van der Waals surface area contributed by atoms with Gasteiger partial charge >= 0.3 is 0 Å². The molecule has 3 N–H and O–H groups in total. The molecule has 0 heterocycles. The Balaban J connectivity index is 2.12. The summed E-state index contributed by atoms with van der Waals surface area (Å²) in [5.41, 5.74) is 8.06. The number of benzene rings is 2. The fourth-order valence-electron chi connectivity index (χ4n) is 3.95. The fraction of sp³-hybridized carbons (Fsp3) is 0.483. The Labute approximate surface area is 209 Å². The molecule has 0 saturated carbocycles. The number of nitrogens with two attached hydrogens (primary N) is 1. The highest BCUT2D eigenvalue weighted by Gasteiger charge is 2.29. The van der Waals surface area contributed by atoms with E-state index in [4.69, 9.17) is 5.73 Å². The highest BCUT2D eigenvalue weighted by Crippen LogP contribution is 2.22. The largest absolute Gasteiger partial charge is 0.508 e. The molecule has 0 aromatic heterocycles. The molecule has 0 unspecified atom stereocenters. The Bertz CT molecular complexity index is 964. The van der Waals surface area contributed by atoms with Crippen LogP contribution in [0.4, 0.5) is 0 Å². The number of nitrogens with zero attached hydrogens (tertiary/aromatic N) is 1. The van der Waals surface area contributed by atoms with Crippen LogP contribution in [-0.2, 0) is 27.2 Å². The molecule has 0 fully saturated rings. The topological polar surface area (TPSA) is 101 Å². The van der Waals surface area contributed by atoms with Crippen LogP contribution in [0.2, 0.25) is 0 Å². The zero-order valence-corrected chi connectivity index (χ0v) is 21.5. The Morgan fingerprint density at radius 1 is 0.943 bits per heavy atom. The fourth-order valence-corrected chi connectivity index (χ4v) is 3.95. The summed E-state index contributed by atoms with van der Waals surface area (Å²) < 4.78 is 0. The zero-order valence-electron chi connectivity index (χ0n) is 21.5. The number of likely N-dealkylation sites (N-methyl/N-ethyl adjacent to an activating group) is 1. The van der Waals surface area contributed by atoms with Gasteiger partial charge in [0, 0.05) is 25.3 Å². The van der Waals surface area contributed by atoms with Crippen LogP contribution in [0.1, 0.15) is 58.1 Å². The molecular formula is C29H40N2O4. The maximum Gasteiger partial charge on any atom is 0.226 e. The number of aromatic hydroxyl groups is 1. The lowest BCUT2D eigenvalue weighted by Gasteiger charge is -2.27. The van der Waals surface area contributed by atoms with Gasteiger partial charge in [-0.15, -0.1) is 0 Å². The van der Waals surface area contributed by atoms with Crippen molar-refractivity contribution in [2.45, 2.75) is 65.8 Å². The first-order chi connectivity index (χ1) is 16.5. The summed E-state index contributed by atoms with van der Waals surface area (Å²) in [5.74, 6) is -0.790. The van der Waals surface area contributed by atoms with Gasteiger partial charge in [-0.05, 0) is 54.9 Å². The molecule has 2 aromatic rings. The van der Waals surface area contributed by atoms with E-state index >= 15 is 0 Å². The Morgan fingerprint density at radius 3 is 2.11 bits per heavy atom. The number of Topliss-reactive ketones (excluding diaryl/α,β-unsaturated/α-hetero) is 2. The molecule has 2 rings (SSSR count). The van der Waals surface area contributed by atoms with Gasteiger partial charge in [0.1, 0.15) is 5.75 Å². The first-order valence-corrected chi connectivity index (χ1v) is 12.4. The second kappa shape index (κ2) is 13.2. The summed E-state index contributed by atoms with van der Waals surface area (Å²) in [6, 6.07) is 15.4. The highest BCUT2D eigenvalue weighted by molar-refractivity contribution is 5.92. The van der Waals surface area contributed by atoms with Crippen LogP contribution < -0.4 is 5.73 Å². The lowest BCUT2D eigenvalue weighted by Crippen LogP contribution is -2.43. The van der Waals surface area contributed by atoms with Gasteiger partial charge < -0.3 is 15.7 Å². The van der Waals surface area contributed by atoms with Crippen molar-refractivity contribution in [2.75, 3.05) is 13.1 Å². The molecular weight excluding hydrogens is 440 g/mol. The quantitative estimate of drug-likeness (QED) is 0.445. The van der Waals surface area contributed by atoms with E-state index in [0.29, 0.717) is 25.8 Å². The van der Waals surface area contributed by atoms with Gasteiger partial charge in [-0.25, -0.2) is 0 Å². The van der Waals surface area contributed by atoms with Crippen LogP contribution in [0.15, 0.2) is 54.6 Å². The number of hydrogen-bond donors (Lipinski definition) is 2. The number of amides is 1. The van der Waals surface area contributed by atoms with Crippen LogP contribution in [0.3, 0.4) is 0 Å². The molecule has 0 bridgehead atoms. The molecule has 1 amide bonds. The molecule has 6 heteroatoms. The maximum atomic E-state index is 13.5. The molecule has 0 spiro atoms. The average molecular weight is 481 g/mol. The van der Waals surface area contributed by atoms with E-state index in [2.05, 4.69) is 20.8 Å². The molecule has 0 aliphatic carbocycles. The van der Waals surface area contributed by atoms with Crippen LogP contribution >= 0.6 is 0 Å². The van der Waals surface area contributed by atoms with Crippen molar-refractivity contribution >= 4 is 17.5 Å². The number of phenolic OH excluding ortho intramolecular Hbond substituents is 1. The van der Waals surface area contributed by atoms with E-state index in [0.717, 1.165) is 17.5 Å². The minimum absolute atomic E-state index is 0.0136. The average Bonchev–Trinajstić information content (AvgIpc) is 2.82. The van der Waals surface area contributed by atoms with Crippen LogP contribution in [-0.4, -0.2) is 46.6 Å². The molecule has 6 nitrogen and oxygen atoms in total. The summed E-state index contributed by atoms with van der Waals surface area (Å²) in [5, 5.41) is 9.47. The van der Waals surface area contributed by atoms with Crippen LogP contribution in [0, 0.1) is 11.3 Å². The molecule has 0 saturated heterocycles. The number of carbonyl (C=O) groups excluding carboxylic acids is 3. The van der Waals surface area contributed by atoms with Crippen molar-refractivity contribution in [1.82, 2.24) is 4.90 Å². The summed E-state index contributed by atoms with van der Waals surface area (Å²) in [6.45, 7) is 8.58. The third-order valence-electron chi connectivity index (χ3n) is 6.14. The normalized spacial score (nSPS) is 13.2. The number of rotatable bonds is 13. The molecule has 0 aliphatic rings. The predicted octanol–water partition coefficient (Wildman–Crippen LogP) is 4.32. The second-order valence-corrected chi connectivity index (χ2v) is 10.5. The van der Waals surface area contributed by atoms with Crippen LogP contribution in [0.25, 0.3) is 0 Å². The standard InChI is InChI=1S/C29H40N2O4/c1-5-31(20-25(33)15-16-29(2,3)4)28(35)23(17-21-9-7-6-8-10-21)19-27(34)26(30)18-22-11-13-24(32)14-12-22/h6-14,23,26,32H,5,15-20,30H2,1-4H3/t23-,26-/m0/s1. The number of hydrogen-bond acceptors (Lipinski definition) is 5. The van der Waals surface area contributed by atoms with Gasteiger partial charge in [-0.3, -0.25) is 14.4 Å². The van der Waals surface area contributed by atoms with Crippen molar-refractivity contribution in [3.05, 3.63) is 65.7 Å². The highest BCUT2D eigenvalue weighted by atomic mass is 16.3. The lowest BCUT2D eigenvalue weighted by molar-refractivity contribution is -0.140. The third-order valence-corrected chi connectivity index (χ3v) is 6.14. The van der Waals surface area contributed by atoms with Crippen molar-refractivity contribution < 1.29 is 19.5 Å². The Kier molecular flexibility index (Phi) is 10.6. The van der Waals surface area contributed by atoms with Crippen LogP contribution in [0.5, 0.6) is 5.75 Å². The molecule has 0 radical (unpaired) electrons. The summed E-state index contributed by atoms with van der Waals surface area (Å²) in [7, 11) is 0. The maximum absolute atomic E-state index is 13.5. The minimum Gasteiger partial charge on any atom is -0.508 e. The second-order valence-electron chi connectivity index (χ2n) is 10.5. The molecule has 2 atom stereocenters. The van der Waals surface area contributed by atoms with E-state index in [9.17, 15) is 19.5 Å². The van der Waals surface area contributed by atoms with Gasteiger partial charge in [0.25, 0.3) is 0 Å². The van der Waals surface area contributed by atoms with Gasteiger partial charge in [-0.2, -0.15) is 0 Å². The smallest absolute Gasteiger partial charge is 0.226 e. The predicted molar refractivity (Wildman–Crippen MR) is 139 cm³/mol. The molecule has 190 valence electrons. The van der Waals surface area contributed by atoms with Gasteiger partial charge in [-0.1, -0.05) is 63.2 Å². The van der Waals surface area contributed by atoms with Crippen molar-refractivity contribution in [3.8, 4) is 5.75 Å². The number of ketones is 2. The molecule has 2 aromatic carbocycles. The SMILES string of the molecule is CCN(CC(=O)CCC(C)(C)C)C(=O)[C@H](CC(=O)[C@@H](N)Cc1ccc(O)cc1)Cc1ccccc1. The lowest BCUT2D eigenvalue weighted by atomic mass is 9.88. The Morgan fingerprint density at radius 2 is 1.54 bits per heavy atom. The van der Waals surface area contributed by atoms with E-state index in [-0.39, 0.29) is 41.6 Å². The monoisotopic (exact) mass is 480 g/mol.